The Morgan fingerprint density at radius 1 is 1.29 bits per heavy atom. The highest BCUT2D eigenvalue weighted by Crippen LogP contribution is 2.28. The number of carbonyl (C=O) groups is 2. The number of rotatable bonds is 4. The number of thiazole rings is 1. The van der Waals surface area contributed by atoms with Crippen molar-refractivity contribution in [2.75, 3.05) is 13.2 Å². The molecule has 28 heavy (non-hydrogen) atoms. The second-order valence-electron chi connectivity index (χ2n) is 6.98. The van der Waals surface area contributed by atoms with Gasteiger partial charge >= 0.3 is 5.97 Å². The minimum absolute atomic E-state index is 0.141. The molecule has 146 valence electrons. The number of nitrogens with zero attached hydrogens (tertiary/aromatic N) is 3. The van der Waals surface area contributed by atoms with Gasteiger partial charge in [-0.1, -0.05) is 24.3 Å². The van der Waals surface area contributed by atoms with Gasteiger partial charge in [0.25, 0.3) is 5.91 Å². The maximum atomic E-state index is 13.3. The number of amides is 1. The molecule has 1 amide bonds. The number of likely N-dealkylation sites (tertiary alicyclic amines) is 1. The third-order valence-electron chi connectivity index (χ3n) is 5.17. The molecule has 7 heteroatoms. The van der Waals surface area contributed by atoms with Crippen LogP contribution in [0, 0.1) is 6.92 Å². The topological polar surface area (TPSA) is 63.9 Å². The molecular formula is C21H23N3O3S. The van der Waals surface area contributed by atoms with E-state index in [1.54, 1.807) is 11.8 Å². The Hall–Kier alpha value is -2.67. The fourth-order valence-electron chi connectivity index (χ4n) is 3.73. The average molecular weight is 398 g/mol. The van der Waals surface area contributed by atoms with Crippen molar-refractivity contribution in [3.05, 3.63) is 47.1 Å². The van der Waals surface area contributed by atoms with Crippen LogP contribution < -0.4 is 0 Å². The molecule has 0 N–H and O–H groups in total. The normalized spacial score (nSPS) is 17.1. The lowest BCUT2D eigenvalue weighted by Gasteiger charge is -2.33. The maximum absolute atomic E-state index is 13.3. The first kappa shape index (κ1) is 18.7. The van der Waals surface area contributed by atoms with E-state index < -0.39 is 6.04 Å². The summed E-state index contributed by atoms with van der Waals surface area (Å²) in [6.07, 6.45) is 4.38. The van der Waals surface area contributed by atoms with Gasteiger partial charge in [-0.3, -0.25) is 9.20 Å². The second-order valence-corrected chi connectivity index (χ2v) is 7.81. The SMILES string of the molecule is CCOC(=O)[C@@H]1CCCCN1C(=O)c1csc2nc(-c3ccccc3C)cn12. The molecule has 1 aliphatic heterocycles. The molecule has 1 fully saturated rings. The molecule has 1 aliphatic rings. The van der Waals surface area contributed by atoms with Crippen molar-refractivity contribution in [2.45, 2.75) is 39.2 Å². The van der Waals surface area contributed by atoms with Gasteiger partial charge in [0.1, 0.15) is 11.7 Å². The zero-order chi connectivity index (χ0) is 19.7. The molecule has 6 nitrogen and oxygen atoms in total. The van der Waals surface area contributed by atoms with Gasteiger partial charge < -0.3 is 9.64 Å². The summed E-state index contributed by atoms with van der Waals surface area (Å²) in [7, 11) is 0. The van der Waals surface area contributed by atoms with Crippen LogP contribution in [0.15, 0.2) is 35.8 Å². The van der Waals surface area contributed by atoms with Gasteiger partial charge in [0.05, 0.1) is 12.3 Å². The number of fused-ring (bicyclic) bond motifs is 1. The van der Waals surface area contributed by atoms with Gasteiger partial charge in [-0.05, 0) is 38.7 Å². The molecule has 0 bridgehead atoms. The largest absolute Gasteiger partial charge is 0.464 e. The predicted octanol–water partition coefficient (Wildman–Crippen LogP) is 3.93. The van der Waals surface area contributed by atoms with Crippen molar-refractivity contribution in [3.63, 3.8) is 0 Å². The fourth-order valence-corrected chi connectivity index (χ4v) is 4.58. The fraction of sp³-hybridized carbons (Fsp3) is 0.381. The van der Waals surface area contributed by atoms with E-state index in [4.69, 9.17) is 9.72 Å². The predicted molar refractivity (Wildman–Crippen MR) is 109 cm³/mol. The van der Waals surface area contributed by atoms with Crippen LogP contribution in [0.2, 0.25) is 0 Å². The lowest BCUT2D eigenvalue weighted by atomic mass is 10.0. The van der Waals surface area contributed by atoms with Gasteiger partial charge in [-0.25, -0.2) is 9.78 Å². The summed E-state index contributed by atoms with van der Waals surface area (Å²) in [4.78, 5) is 32.8. The number of hydrogen-bond acceptors (Lipinski definition) is 5. The van der Waals surface area contributed by atoms with Gasteiger partial charge in [-0.2, -0.15) is 0 Å². The van der Waals surface area contributed by atoms with Crippen molar-refractivity contribution in [3.8, 4) is 11.3 Å². The lowest BCUT2D eigenvalue weighted by Crippen LogP contribution is -2.48. The molecule has 4 rings (SSSR count). The molecular weight excluding hydrogens is 374 g/mol. The second kappa shape index (κ2) is 7.75. The summed E-state index contributed by atoms with van der Waals surface area (Å²) in [5.41, 5.74) is 3.59. The smallest absolute Gasteiger partial charge is 0.328 e. The zero-order valence-electron chi connectivity index (χ0n) is 16.1. The molecule has 0 spiro atoms. The number of imidazole rings is 1. The van der Waals surface area contributed by atoms with Crippen LogP contribution in [-0.2, 0) is 9.53 Å². The minimum Gasteiger partial charge on any atom is -0.464 e. The number of aryl methyl sites for hydroxylation is 1. The van der Waals surface area contributed by atoms with E-state index >= 15 is 0 Å². The van der Waals surface area contributed by atoms with E-state index in [2.05, 4.69) is 0 Å². The molecule has 1 atom stereocenters. The Balaban J connectivity index is 1.67. The molecule has 0 unspecified atom stereocenters. The van der Waals surface area contributed by atoms with Gasteiger partial charge in [-0.15, -0.1) is 11.3 Å². The molecule has 0 radical (unpaired) electrons. The van der Waals surface area contributed by atoms with Crippen LogP contribution in [0.25, 0.3) is 16.2 Å². The van der Waals surface area contributed by atoms with Crippen molar-refractivity contribution in [1.29, 1.82) is 0 Å². The van der Waals surface area contributed by atoms with Crippen LogP contribution in [-0.4, -0.2) is 45.4 Å². The minimum atomic E-state index is -0.504. The van der Waals surface area contributed by atoms with Crippen LogP contribution in [0.4, 0.5) is 0 Å². The summed E-state index contributed by atoms with van der Waals surface area (Å²) in [5, 5.41) is 1.82. The van der Waals surface area contributed by atoms with Gasteiger partial charge in [0, 0.05) is 23.7 Å². The first-order valence-electron chi connectivity index (χ1n) is 9.60. The number of carbonyl (C=O) groups excluding carboxylic acids is 2. The summed E-state index contributed by atoms with van der Waals surface area (Å²) in [5.74, 6) is -0.453. The average Bonchev–Trinajstić information content (AvgIpc) is 3.29. The van der Waals surface area contributed by atoms with Crippen molar-refractivity contribution >= 4 is 28.2 Å². The molecule has 3 aromatic rings. The zero-order valence-corrected chi connectivity index (χ0v) is 16.9. The Morgan fingerprint density at radius 2 is 2.11 bits per heavy atom. The van der Waals surface area contributed by atoms with Crippen LogP contribution in [0.1, 0.15) is 42.2 Å². The molecule has 2 aromatic heterocycles. The van der Waals surface area contributed by atoms with E-state index in [1.165, 1.54) is 11.3 Å². The number of benzene rings is 1. The highest BCUT2D eigenvalue weighted by atomic mass is 32.1. The van der Waals surface area contributed by atoms with Crippen LogP contribution in [0.3, 0.4) is 0 Å². The summed E-state index contributed by atoms with van der Waals surface area (Å²) in [6, 6.07) is 7.56. The van der Waals surface area contributed by atoms with E-state index in [1.807, 2.05) is 47.2 Å². The monoisotopic (exact) mass is 397 g/mol. The Kier molecular flexibility index (Phi) is 5.17. The van der Waals surface area contributed by atoms with Crippen molar-refractivity contribution < 1.29 is 14.3 Å². The summed E-state index contributed by atoms with van der Waals surface area (Å²) in [6.45, 7) is 4.72. The Labute approximate surface area is 167 Å². The lowest BCUT2D eigenvalue weighted by molar-refractivity contribution is -0.149. The van der Waals surface area contributed by atoms with Crippen LogP contribution in [0.5, 0.6) is 0 Å². The third-order valence-corrected chi connectivity index (χ3v) is 6.01. The number of aromatic nitrogens is 2. The van der Waals surface area contributed by atoms with E-state index in [9.17, 15) is 9.59 Å². The third kappa shape index (κ3) is 3.30. The standard InChI is InChI=1S/C21H23N3O3S/c1-3-27-20(26)17-10-6-7-11-23(17)19(25)18-13-28-21-22-16(12-24(18)21)15-9-5-4-8-14(15)2/h4-5,8-9,12-13,17H,3,6-7,10-11H2,1-2H3/t17-/m0/s1. The molecule has 0 saturated carbocycles. The number of piperidine rings is 1. The highest BCUT2D eigenvalue weighted by Gasteiger charge is 2.34. The number of ether oxygens (including phenoxy) is 1. The van der Waals surface area contributed by atoms with Crippen LogP contribution >= 0.6 is 11.3 Å². The Bertz CT molecular complexity index is 1020. The van der Waals surface area contributed by atoms with E-state index in [0.717, 1.165) is 34.6 Å². The highest BCUT2D eigenvalue weighted by molar-refractivity contribution is 7.15. The van der Waals surface area contributed by atoms with Crippen molar-refractivity contribution in [2.24, 2.45) is 0 Å². The quantitative estimate of drug-likeness (QED) is 0.626. The first-order chi connectivity index (χ1) is 13.6. The summed E-state index contributed by atoms with van der Waals surface area (Å²) < 4.78 is 7.03. The molecule has 3 heterocycles. The van der Waals surface area contributed by atoms with Gasteiger partial charge in [0.15, 0.2) is 4.96 Å². The number of hydrogen-bond donors (Lipinski definition) is 0. The molecule has 1 aromatic carbocycles. The summed E-state index contributed by atoms with van der Waals surface area (Å²) >= 11 is 1.44. The molecule has 1 saturated heterocycles. The molecule has 0 aliphatic carbocycles. The number of esters is 1. The Morgan fingerprint density at radius 3 is 2.89 bits per heavy atom. The first-order valence-corrected chi connectivity index (χ1v) is 10.5. The van der Waals surface area contributed by atoms with E-state index in [0.29, 0.717) is 25.3 Å². The van der Waals surface area contributed by atoms with Gasteiger partial charge in [0.2, 0.25) is 0 Å². The maximum Gasteiger partial charge on any atom is 0.328 e. The van der Waals surface area contributed by atoms with Crippen molar-refractivity contribution in [1.82, 2.24) is 14.3 Å². The van der Waals surface area contributed by atoms with E-state index in [-0.39, 0.29) is 11.9 Å².